The van der Waals surface area contributed by atoms with Crippen molar-refractivity contribution in [3.63, 3.8) is 0 Å². The molecule has 1 saturated heterocycles. The summed E-state index contributed by atoms with van der Waals surface area (Å²) < 4.78 is 27.4. The van der Waals surface area contributed by atoms with Crippen LogP contribution in [0.15, 0.2) is 11.0 Å². The Morgan fingerprint density at radius 2 is 2.15 bits per heavy atom. The second-order valence-electron chi connectivity index (χ2n) is 5.69. The first-order valence-corrected chi connectivity index (χ1v) is 8.90. The summed E-state index contributed by atoms with van der Waals surface area (Å²) in [6.07, 6.45) is 2.17. The molecule has 2 rings (SSSR count). The highest BCUT2D eigenvalue weighted by Crippen LogP contribution is 2.27. The van der Waals surface area contributed by atoms with Crippen molar-refractivity contribution in [2.24, 2.45) is 5.41 Å². The van der Waals surface area contributed by atoms with Crippen molar-refractivity contribution in [1.29, 1.82) is 0 Å². The lowest BCUT2D eigenvalue weighted by Crippen LogP contribution is -2.45. The fourth-order valence-corrected chi connectivity index (χ4v) is 5.24. The molecule has 7 heteroatoms. The second kappa shape index (κ2) is 6.75. The molecular weight excluding hydrogens is 316 g/mol. The predicted octanol–water partition coefficient (Wildman–Crippen LogP) is 2.45. The topological polar surface area (TPSA) is 58.2 Å². The van der Waals surface area contributed by atoms with Crippen LogP contribution in [0.3, 0.4) is 0 Å². The Balaban J connectivity index is 0.00000200. The number of hydrogen-bond acceptors (Lipinski definition) is 4. The molecule has 0 aliphatic carbocycles. The lowest BCUT2D eigenvalue weighted by molar-refractivity contribution is 0.238. The maximum atomic E-state index is 12.3. The van der Waals surface area contributed by atoms with Crippen LogP contribution in [0.25, 0.3) is 0 Å². The van der Waals surface area contributed by atoms with E-state index in [0.717, 1.165) is 35.7 Å². The number of aryl methyl sites for hydroxylation is 2. The normalized spacial score (nSPS) is 23.4. The number of thiophene rings is 1. The van der Waals surface area contributed by atoms with Gasteiger partial charge in [0.15, 0.2) is 0 Å². The lowest BCUT2D eigenvalue weighted by Gasteiger charge is -2.34. The summed E-state index contributed by atoms with van der Waals surface area (Å²) in [6.45, 7) is 8.32. The first-order valence-electron chi connectivity index (χ1n) is 6.60. The molecule has 0 bridgehead atoms. The van der Waals surface area contributed by atoms with Gasteiger partial charge in [0.05, 0.1) is 4.90 Å². The SMILES string of the molecule is Cc1cc(S(=O)(=O)NCC2(C)CCCNC2)c(C)s1.Cl. The smallest absolute Gasteiger partial charge is 0.241 e. The van der Waals surface area contributed by atoms with Crippen LogP contribution in [0.4, 0.5) is 0 Å². The molecule has 0 amide bonds. The Morgan fingerprint density at radius 3 is 2.65 bits per heavy atom. The summed E-state index contributed by atoms with van der Waals surface area (Å²) in [5.74, 6) is 0. The Hall–Kier alpha value is -0.140. The second-order valence-corrected chi connectivity index (χ2v) is 8.89. The number of halogens is 1. The molecule has 2 heterocycles. The molecule has 0 saturated carbocycles. The van der Waals surface area contributed by atoms with Crippen molar-refractivity contribution in [3.8, 4) is 0 Å². The molecule has 1 fully saturated rings. The van der Waals surface area contributed by atoms with Crippen LogP contribution in [-0.2, 0) is 10.0 Å². The molecule has 1 atom stereocenters. The third-order valence-corrected chi connectivity index (χ3v) is 6.28. The largest absolute Gasteiger partial charge is 0.316 e. The van der Waals surface area contributed by atoms with E-state index in [-0.39, 0.29) is 17.8 Å². The maximum Gasteiger partial charge on any atom is 0.241 e. The van der Waals surface area contributed by atoms with E-state index in [2.05, 4.69) is 17.0 Å². The van der Waals surface area contributed by atoms with E-state index in [0.29, 0.717) is 11.4 Å². The van der Waals surface area contributed by atoms with Crippen LogP contribution in [-0.4, -0.2) is 28.1 Å². The van der Waals surface area contributed by atoms with Crippen LogP contribution in [0.1, 0.15) is 29.5 Å². The van der Waals surface area contributed by atoms with Crippen LogP contribution >= 0.6 is 23.7 Å². The van der Waals surface area contributed by atoms with Crippen LogP contribution in [0.2, 0.25) is 0 Å². The quantitative estimate of drug-likeness (QED) is 0.886. The molecule has 1 aromatic heterocycles. The molecule has 0 spiro atoms. The third-order valence-electron chi connectivity index (χ3n) is 3.66. The van der Waals surface area contributed by atoms with Gasteiger partial charge in [-0.05, 0) is 44.7 Å². The number of piperidine rings is 1. The average Bonchev–Trinajstić information content (AvgIpc) is 2.68. The fraction of sp³-hybridized carbons (Fsp3) is 0.692. The summed E-state index contributed by atoms with van der Waals surface area (Å²) in [5, 5.41) is 3.33. The van der Waals surface area contributed by atoms with Gasteiger partial charge in [0.2, 0.25) is 10.0 Å². The van der Waals surface area contributed by atoms with Gasteiger partial charge in [0.1, 0.15) is 0 Å². The number of nitrogens with one attached hydrogen (secondary N) is 2. The van der Waals surface area contributed by atoms with Crippen LogP contribution in [0.5, 0.6) is 0 Å². The summed E-state index contributed by atoms with van der Waals surface area (Å²) in [6, 6.07) is 1.75. The molecule has 4 nitrogen and oxygen atoms in total. The summed E-state index contributed by atoms with van der Waals surface area (Å²) >= 11 is 1.53. The zero-order valence-electron chi connectivity index (χ0n) is 12.2. The average molecular weight is 339 g/mol. The molecule has 20 heavy (non-hydrogen) atoms. The highest BCUT2D eigenvalue weighted by molar-refractivity contribution is 7.89. The van der Waals surface area contributed by atoms with Crippen molar-refractivity contribution >= 4 is 33.8 Å². The van der Waals surface area contributed by atoms with Gasteiger partial charge >= 0.3 is 0 Å². The standard InChI is InChI=1S/C13H22N2O2S2.ClH/c1-10-7-12(11(2)18-10)19(16,17)15-9-13(3)5-4-6-14-8-13;/h7,14-15H,4-6,8-9H2,1-3H3;1H. The Kier molecular flexibility index (Phi) is 6.04. The highest BCUT2D eigenvalue weighted by Gasteiger charge is 2.29. The minimum Gasteiger partial charge on any atom is -0.316 e. The number of sulfonamides is 1. The zero-order chi connectivity index (χ0) is 14.1. The van der Waals surface area contributed by atoms with E-state index < -0.39 is 10.0 Å². The monoisotopic (exact) mass is 338 g/mol. The Bertz CT molecular complexity index is 549. The van der Waals surface area contributed by atoms with E-state index in [4.69, 9.17) is 0 Å². The van der Waals surface area contributed by atoms with Gasteiger partial charge < -0.3 is 5.32 Å². The Morgan fingerprint density at radius 1 is 1.45 bits per heavy atom. The summed E-state index contributed by atoms with van der Waals surface area (Å²) in [7, 11) is -3.37. The molecular formula is C13H23ClN2O2S2. The predicted molar refractivity (Wildman–Crippen MR) is 86.4 cm³/mol. The van der Waals surface area contributed by atoms with E-state index in [1.807, 2.05) is 13.8 Å². The van der Waals surface area contributed by atoms with Crippen molar-refractivity contribution < 1.29 is 8.42 Å². The van der Waals surface area contributed by atoms with Gasteiger partial charge in [-0.15, -0.1) is 23.7 Å². The first kappa shape index (κ1) is 17.9. The molecule has 1 aromatic rings. The zero-order valence-corrected chi connectivity index (χ0v) is 14.6. The van der Waals surface area contributed by atoms with Crippen molar-refractivity contribution in [2.75, 3.05) is 19.6 Å². The molecule has 116 valence electrons. The van der Waals surface area contributed by atoms with Gasteiger partial charge in [-0.2, -0.15) is 0 Å². The van der Waals surface area contributed by atoms with E-state index in [9.17, 15) is 8.42 Å². The summed E-state index contributed by atoms with van der Waals surface area (Å²) in [5.41, 5.74) is 0.0181. The first-order chi connectivity index (χ1) is 8.82. The molecule has 0 aromatic carbocycles. The van der Waals surface area contributed by atoms with Gasteiger partial charge in [-0.1, -0.05) is 6.92 Å². The maximum absolute atomic E-state index is 12.3. The van der Waals surface area contributed by atoms with Gasteiger partial charge in [-0.25, -0.2) is 13.1 Å². The fourth-order valence-electron chi connectivity index (χ4n) is 2.49. The lowest BCUT2D eigenvalue weighted by atomic mass is 9.83. The molecule has 2 N–H and O–H groups in total. The van der Waals surface area contributed by atoms with Crippen LogP contribution < -0.4 is 10.0 Å². The van der Waals surface area contributed by atoms with Crippen LogP contribution in [0, 0.1) is 19.3 Å². The molecule has 0 radical (unpaired) electrons. The Labute approximate surface area is 131 Å². The molecule has 1 aliphatic heterocycles. The number of hydrogen-bond donors (Lipinski definition) is 2. The summed E-state index contributed by atoms with van der Waals surface area (Å²) in [4.78, 5) is 2.32. The van der Waals surface area contributed by atoms with Crippen molar-refractivity contribution in [3.05, 3.63) is 15.8 Å². The van der Waals surface area contributed by atoms with Gasteiger partial charge in [0.25, 0.3) is 0 Å². The van der Waals surface area contributed by atoms with E-state index in [1.54, 1.807) is 6.07 Å². The molecule has 1 aliphatic rings. The third kappa shape index (κ3) is 4.18. The van der Waals surface area contributed by atoms with Gasteiger partial charge in [-0.3, -0.25) is 0 Å². The van der Waals surface area contributed by atoms with E-state index in [1.165, 1.54) is 11.3 Å². The van der Waals surface area contributed by atoms with Gasteiger partial charge in [0, 0.05) is 22.8 Å². The minimum absolute atomic E-state index is 0. The van der Waals surface area contributed by atoms with Crippen molar-refractivity contribution in [1.82, 2.24) is 10.0 Å². The van der Waals surface area contributed by atoms with Crippen molar-refractivity contribution in [2.45, 2.75) is 38.5 Å². The minimum atomic E-state index is -3.37. The number of rotatable bonds is 4. The molecule has 1 unspecified atom stereocenters. The van der Waals surface area contributed by atoms with E-state index >= 15 is 0 Å². The highest BCUT2D eigenvalue weighted by atomic mass is 35.5.